The van der Waals surface area contributed by atoms with Crippen LogP contribution < -0.4 is 0 Å². The Labute approximate surface area is 57.0 Å². The van der Waals surface area contributed by atoms with Gasteiger partial charge in [-0.3, -0.25) is 0 Å². The average Bonchev–Trinajstić information content (AvgIpc) is 2.25. The third kappa shape index (κ3) is 0.877. The minimum Gasteiger partial charge on any atom is -0.300 e. The molecule has 2 saturated heterocycles. The van der Waals surface area contributed by atoms with Crippen LogP contribution >= 0.6 is 0 Å². The third-order valence-electron chi connectivity index (χ3n) is 2.74. The first-order chi connectivity index (χ1) is 4.36. The first-order valence-corrected chi connectivity index (χ1v) is 3.93. The highest BCUT2D eigenvalue weighted by Crippen LogP contribution is 2.29. The van der Waals surface area contributed by atoms with Crippen molar-refractivity contribution >= 4 is 0 Å². The largest absolute Gasteiger partial charge is 0.300 e. The van der Waals surface area contributed by atoms with E-state index in [9.17, 15) is 0 Å². The van der Waals surface area contributed by atoms with Crippen LogP contribution in [0, 0.1) is 12.8 Å². The minimum atomic E-state index is 0.642. The molecule has 0 aliphatic carbocycles. The molecular weight excluding hydrogens is 110 g/mol. The molecule has 2 aliphatic heterocycles. The Morgan fingerprint density at radius 2 is 2.11 bits per heavy atom. The molecule has 0 N–H and O–H groups in total. The van der Waals surface area contributed by atoms with Gasteiger partial charge >= 0.3 is 0 Å². The molecule has 0 spiro atoms. The lowest BCUT2D eigenvalue weighted by Gasteiger charge is -2.28. The smallest absolute Gasteiger partial charge is 0.00960 e. The molecule has 3 unspecified atom stereocenters. The third-order valence-corrected chi connectivity index (χ3v) is 2.74. The minimum absolute atomic E-state index is 0.642. The highest BCUT2D eigenvalue weighted by molar-refractivity contribution is 4.88. The number of hydrogen-bond acceptors (Lipinski definition) is 1. The van der Waals surface area contributed by atoms with E-state index in [1.54, 1.807) is 0 Å². The van der Waals surface area contributed by atoms with Crippen molar-refractivity contribution in [1.82, 2.24) is 4.90 Å². The van der Waals surface area contributed by atoms with E-state index < -0.39 is 0 Å². The lowest BCUT2D eigenvalue weighted by molar-refractivity contribution is 0.215. The van der Waals surface area contributed by atoms with Crippen molar-refractivity contribution in [3.63, 3.8) is 0 Å². The quantitative estimate of drug-likeness (QED) is 0.470. The zero-order valence-electron chi connectivity index (χ0n) is 5.84. The van der Waals surface area contributed by atoms with Crippen LogP contribution in [0.3, 0.4) is 0 Å². The predicted molar refractivity (Wildman–Crippen MR) is 38.1 cm³/mol. The second-order valence-corrected chi connectivity index (χ2v) is 3.38. The van der Waals surface area contributed by atoms with Crippen molar-refractivity contribution in [1.29, 1.82) is 0 Å². The van der Waals surface area contributed by atoms with E-state index >= 15 is 0 Å². The molecule has 2 aliphatic rings. The second kappa shape index (κ2) is 1.98. The Balaban J connectivity index is 2.05. The van der Waals surface area contributed by atoms with Gasteiger partial charge < -0.3 is 4.90 Å². The summed E-state index contributed by atoms with van der Waals surface area (Å²) in [6, 6.07) is 0.642. The Kier molecular flexibility index (Phi) is 1.26. The maximum atomic E-state index is 4.10. The van der Waals surface area contributed by atoms with E-state index in [1.165, 1.54) is 32.4 Å². The topological polar surface area (TPSA) is 3.24 Å². The van der Waals surface area contributed by atoms with Gasteiger partial charge in [-0.05, 0) is 38.6 Å². The fraction of sp³-hybridized carbons (Fsp3) is 0.875. The van der Waals surface area contributed by atoms with Crippen LogP contribution in [0.5, 0.6) is 0 Å². The zero-order chi connectivity index (χ0) is 6.27. The Morgan fingerprint density at radius 3 is 2.89 bits per heavy atom. The first kappa shape index (κ1) is 5.72. The Hall–Kier alpha value is -0.0400. The van der Waals surface area contributed by atoms with Gasteiger partial charge in [-0.15, -0.1) is 0 Å². The summed E-state index contributed by atoms with van der Waals surface area (Å²) >= 11 is 0. The van der Waals surface area contributed by atoms with E-state index in [-0.39, 0.29) is 0 Å². The average molecular weight is 124 g/mol. The van der Waals surface area contributed by atoms with Gasteiger partial charge in [-0.25, -0.2) is 0 Å². The number of piperidine rings is 1. The van der Waals surface area contributed by atoms with Gasteiger partial charge in [0.25, 0.3) is 0 Å². The van der Waals surface area contributed by atoms with Crippen molar-refractivity contribution in [2.45, 2.75) is 25.3 Å². The molecule has 0 saturated carbocycles. The molecule has 1 nitrogen and oxygen atoms in total. The first-order valence-electron chi connectivity index (χ1n) is 3.93. The molecule has 3 atom stereocenters. The summed E-state index contributed by atoms with van der Waals surface area (Å²) < 4.78 is 0. The fourth-order valence-corrected chi connectivity index (χ4v) is 2.04. The van der Waals surface area contributed by atoms with Gasteiger partial charge in [-0.2, -0.15) is 0 Å². The number of fused-ring (bicyclic) bond motifs is 2. The predicted octanol–water partition coefficient (Wildman–Crippen LogP) is 1.30. The number of rotatable bonds is 0. The number of hydrogen-bond donors (Lipinski definition) is 0. The van der Waals surface area contributed by atoms with E-state index in [0.29, 0.717) is 6.04 Å². The molecule has 1 radical (unpaired) electrons. The summed E-state index contributed by atoms with van der Waals surface area (Å²) in [4.78, 5) is 2.52. The van der Waals surface area contributed by atoms with Crippen LogP contribution in [0.25, 0.3) is 0 Å². The summed E-state index contributed by atoms with van der Waals surface area (Å²) in [6.07, 6.45) is 4.21. The van der Waals surface area contributed by atoms with Crippen molar-refractivity contribution in [2.24, 2.45) is 5.92 Å². The van der Waals surface area contributed by atoms with Crippen molar-refractivity contribution in [2.75, 3.05) is 13.1 Å². The lowest BCUT2D eigenvalue weighted by atomic mass is 9.97. The van der Waals surface area contributed by atoms with Gasteiger partial charge in [0, 0.05) is 12.6 Å². The van der Waals surface area contributed by atoms with E-state index in [4.69, 9.17) is 0 Å². The second-order valence-electron chi connectivity index (χ2n) is 3.38. The standard InChI is InChI=1S/C8H14N/c1-7-2-3-8-4-5-9(7)6-8/h7-8H,1-6H2. The number of nitrogens with zero attached hydrogens (tertiary/aromatic N) is 1. The Morgan fingerprint density at radius 1 is 1.22 bits per heavy atom. The van der Waals surface area contributed by atoms with Crippen LogP contribution in [-0.4, -0.2) is 24.0 Å². The van der Waals surface area contributed by atoms with E-state index in [0.717, 1.165) is 5.92 Å². The molecule has 51 valence electrons. The summed E-state index contributed by atoms with van der Waals surface area (Å²) in [5.41, 5.74) is 0. The van der Waals surface area contributed by atoms with Crippen molar-refractivity contribution in [3.05, 3.63) is 6.92 Å². The maximum Gasteiger partial charge on any atom is 0.00960 e. The van der Waals surface area contributed by atoms with Crippen LogP contribution in [0.2, 0.25) is 0 Å². The molecule has 2 heterocycles. The molecule has 0 aromatic heterocycles. The van der Waals surface area contributed by atoms with Gasteiger partial charge in [0.05, 0.1) is 0 Å². The molecular formula is C8H14N. The molecule has 1 heteroatoms. The highest BCUT2D eigenvalue weighted by atomic mass is 15.2. The van der Waals surface area contributed by atoms with E-state index in [2.05, 4.69) is 11.8 Å². The van der Waals surface area contributed by atoms with Gasteiger partial charge in [0.2, 0.25) is 0 Å². The highest BCUT2D eigenvalue weighted by Gasteiger charge is 2.30. The molecule has 0 amide bonds. The summed E-state index contributed by atoms with van der Waals surface area (Å²) in [7, 11) is 0. The zero-order valence-corrected chi connectivity index (χ0v) is 5.84. The monoisotopic (exact) mass is 124 g/mol. The summed E-state index contributed by atoms with van der Waals surface area (Å²) in [5.74, 6) is 1.03. The van der Waals surface area contributed by atoms with Gasteiger partial charge in [0.1, 0.15) is 0 Å². The molecule has 0 aromatic carbocycles. The molecule has 2 rings (SSSR count). The molecule has 2 bridgehead atoms. The van der Waals surface area contributed by atoms with E-state index in [1.807, 2.05) is 0 Å². The fourth-order valence-electron chi connectivity index (χ4n) is 2.04. The van der Waals surface area contributed by atoms with Crippen molar-refractivity contribution in [3.8, 4) is 0 Å². The molecule has 2 fully saturated rings. The maximum absolute atomic E-state index is 4.10. The summed E-state index contributed by atoms with van der Waals surface area (Å²) in [5, 5.41) is 0. The van der Waals surface area contributed by atoms with Crippen LogP contribution in [0.1, 0.15) is 19.3 Å². The summed E-state index contributed by atoms with van der Waals surface area (Å²) in [6.45, 7) is 6.76. The Bertz CT molecular complexity index is 111. The van der Waals surface area contributed by atoms with Gasteiger partial charge in [0.15, 0.2) is 0 Å². The van der Waals surface area contributed by atoms with Crippen LogP contribution in [0.15, 0.2) is 0 Å². The van der Waals surface area contributed by atoms with Crippen LogP contribution in [0.4, 0.5) is 0 Å². The van der Waals surface area contributed by atoms with Crippen molar-refractivity contribution < 1.29 is 0 Å². The lowest BCUT2D eigenvalue weighted by Crippen LogP contribution is -2.34. The SMILES string of the molecule is [CH2]C1CCC2CCN1C2. The normalized spacial score (nSPS) is 49.7. The van der Waals surface area contributed by atoms with Crippen LogP contribution in [-0.2, 0) is 0 Å². The molecule has 0 aromatic rings. The van der Waals surface area contributed by atoms with Gasteiger partial charge in [-0.1, -0.05) is 0 Å². The molecule has 9 heavy (non-hydrogen) atoms.